The Labute approximate surface area is 173 Å². The number of para-hydroxylation sites is 1. The monoisotopic (exact) mass is 423 g/mol. The van der Waals surface area contributed by atoms with E-state index in [2.05, 4.69) is 5.32 Å². The van der Waals surface area contributed by atoms with Crippen LogP contribution in [0.25, 0.3) is 0 Å². The van der Waals surface area contributed by atoms with Crippen molar-refractivity contribution in [2.75, 3.05) is 37.0 Å². The van der Waals surface area contributed by atoms with Gasteiger partial charge in [0.2, 0.25) is 5.91 Å². The van der Waals surface area contributed by atoms with E-state index in [4.69, 9.17) is 0 Å². The lowest BCUT2D eigenvalue weighted by atomic mass is 10.2. The predicted octanol–water partition coefficient (Wildman–Crippen LogP) is 2.43. The van der Waals surface area contributed by atoms with Gasteiger partial charge in [-0.1, -0.05) is 35.9 Å². The standard InChI is InChI=1S/C20H25N3O3S.ClH/c1-17-7-9-19(10-8-17)27(25,26)23(18-5-3-2-4-6-18)14-11-20(24)22-15-12-21-13-16-22;/h2-10,21H,11-16H2,1H3;1H. The molecule has 0 aromatic heterocycles. The van der Waals surface area contributed by atoms with E-state index in [1.807, 2.05) is 13.0 Å². The predicted molar refractivity (Wildman–Crippen MR) is 113 cm³/mol. The van der Waals surface area contributed by atoms with Crippen molar-refractivity contribution < 1.29 is 13.2 Å². The molecule has 1 heterocycles. The second kappa shape index (κ2) is 9.91. The summed E-state index contributed by atoms with van der Waals surface area (Å²) in [5, 5.41) is 3.21. The van der Waals surface area contributed by atoms with Crippen molar-refractivity contribution in [1.29, 1.82) is 0 Å². The Hall–Kier alpha value is -2.09. The van der Waals surface area contributed by atoms with E-state index >= 15 is 0 Å². The Morgan fingerprint density at radius 1 is 1.04 bits per heavy atom. The number of halogens is 1. The van der Waals surface area contributed by atoms with Gasteiger partial charge in [-0.3, -0.25) is 9.10 Å². The van der Waals surface area contributed by atoms with Gasteiger partial charge in [0.25, 0.3) is 10.0 Å². The molecule has 2 aromatic carbocycles. The first-order valence-electron chi connectivity index (χ1n) is 9.11. The highest BCUT2D eigenvalue weighted by molar-refractivity contribution is 7.92. The van der Waals surface area contributed by atoms with Gasteiger partial charge < -0.3 is 10.2 Å². The number of hydrogen-bond donors (Lipinski definition) is 1. The average molecular weight is 424 g/mol. The fourth-order valence-electron chi connectivity index (χ4n) is 3.09. The number of nitrogens with zero attached hydrogens (tertiary/aromatic N) is 2. The molecule has 1 amide bonds. The summed E-state index contributed by atoms with van der Waals surface area (Å²) in [6.07, 6.45) is 0.153. The maximum absolute atomic E-state index is 13.2. The molecule has 1 aliphatic heterocycles. The van der Waals surface area contributed by atoms with Crippen molar-refractivity contribution >= 4 is 34.0 Å². The van der Waals surface area contributed by atoms with E-state index in [1.165, 1.54) is 4.31 Å². The van der Waals surface area contributed by atoms with E-state index in [1.54, 1.807) is 53.4 Å². The van der Waals surface area contributed by atoms with Crippen LogP contribution in [0.15, 0.2) is 59.5 Å². The molecule has 0 aliphatic carbocycles. The Morgan fingerprint density at radius 2 is 1.64 bits per heavy atom. The molecule has 6 nitrogen and oxygen atoms in total. The van der Waals surface area contributed by atoms with Gasteiger partial charge in [0.05, 0.1) is 10.6 Å². The Balaban J connectivity index is 0.00000280. The number of carbonyl (C=O) groups is 1. The van der Waals surface area contributed by atoms with Crippen molar-refractivity contribution in [2.24, 2.45) is 0 Å². The first-order valence-corrected chi connectivity index (χ1v) is 10.6. The molecule has 0 spiro atoms. The molecule has 1 saturated heterocycles. The first kappa shape index (κ1) is 22.2. The summed E-state index contributed by atoms with van der Waals surface area (Å²) in [5.41, 5.74) is 1.56. The van der Waals surface area contributed by atoms with Gasteiger partial charge in [-0.05, 0) is 31.2 Å². The molecule has 1 fully saturated rings. The minimum atomic E-state index is -3.75. The summed E-state index contributed by atoms with van der Waals surface area (Å²) in [6, 6.07) is 15.7. The maximum Gasteiger partial charge on any atom is 0.264 e. The summed E-state index contributed by atoms with van der Waals surface area (Å²) in [7, 11) is -3.75. The molecule has 152 valence electrons. The summed E-state index contributed by atoms with van der Waals surface area (Å²) in [4.78, 5) is 14.5. The SMILES string of the molecule is Cc1ccc(S(=O)(=O)N(CCC(=O)N2CCNCC2)c2ccccc2)cc1.Cl. The van der Waals surface area contributed by atoms with E-state index < -0.39 is 10.0 Å². The number of piperazine rings is 1. The highest BCUT2D eigenvalue weighted by atomic mass is 35.5. The van der Waals surface area contributed by atoms with Gasteiger partial charge in [0, 0.05) is 39.1 Å². The van der Waals surface area contributed by atoms with Crippen LogP contribution in [0.3, 0.4) is 0 Å². The van der Waals surface area contributed by atoms with Crippen LogP contribution < -0.4 is 9.62 Å². The van der Waals surface area contributed by atoms with Gasteiger partial charge in [-0.2, -0.15) is 0 Å². The lowest BCUT2D eigenvalue weighted by Crippen LogP contribution is -2.47. The fraction of sp³-hybridized carbons (Fsp3) is 0.350. The van der Waals surface area contributed by atoms with Crippen LogP contribution in [-0.4, -0.2) is 51.9 Å². The van der Waals surface area contributed by atoms with E-state index in [-0.39, 0.29) is 36.2 Å². The van der Waals surface area contributed by atoms with Crippen LogP contribution in [0.4, 0.5) is 5.69 Å². The Morgan fingerprint density at radius 3 is 2.25 bits per heavy atom. The van der Waals surface area contributed by atoms with Crippen LogP contribution in [-0.2, 0) is 14.8 Å². The molecule has 0 bridgehead atoms. The molecular formula is C20H26ClN3O3S. The van der Waals surface area contributed by atoms with Crippen molar-refractivity contribution in [2.45, 2.75) is 18.2 Å². The van der Waals surface area contributed by atoms with E-state index in [0.717, 1.165) is 18.7 Å². The molecule has 0 unspecified atom stereocenters. The Bertz CT molecular complexity index is 867. The molecule has 0 radical (unpaired) electrons. The molecule has 2 aromatic rings. The number of hydrogen-bond acceptors (Lipinski definition) is 4. The van der Waals surface area contributed by atoms with Crippen LogP contribution in [0, 0.1) is 6.92 Å². The fourth-order valence-corrected chi connectivity index (χ4v) is 4.55. The van der Waals surface area contributed by atoms with E-state index in [0.29, 0.717) is 18.8 Å². The molecule has 1 N–H and O–H groups in total. The normalized spacial score (nSPS) is 14.2. The lowest BCUT2D eigenvalue weighted by Gasteiger charge is -2.29. The third-order valence-corrected chi connectivity index (χ3v) is 6.49. The molecule has 3 rings (SSSR count). The number of rotatable bonds is 6. The molecule has 28 heavy (non-hydrogen) atoms. The highest BCUT2D eigenvalue weighted by Gasteiger charge is 2.26. The van der Waals surface area contributed by atoms with Gasteiger partial charge in [0.1, 0.15) is 0 Å². The minimum absolute atomic E-state index is 0. The zero-order chi connectivity index (χ0) is 19.3. The summed E-state index contributed by atoms with van der Waals surface area (Å²) >= 11 is 0. The number of nitrogens with one attached hydrogen (secondary N) is 1. The molecule has 8 heteroatoms. The Kier molecular flexibility index (Phi) is 7.86. The third kappa shape index (κ3) is 5.25. The summed E-state index contributed by atoms with van der Waals surface area (Å²) < 4.78 is 27.8. The van der Waals surface area contributed by atoms with Crippen molar-refractivity contribution in [3.05, 3.63) is 60.2 Å². The molecular weight excluding hydrogens is 398 g/mol. The third-order valence-electron chi connectivity index (χ3n) is 4.65. The van der Waals surface area contributed by atoms with Crippen LogP contribution in [0.2, 0.25) is 0 Å². The largest absolute Gasteiger partial charge is 0.340 e. The topological polar surface area (TPSA) is 69.7 Å². The maximum atomic E-state index is 13.2. The highest BCUT2D eigenvalue weighted by Crippen LogP contribution is 2.24. The van der Waals surface area contributed by atoms with Crippen molar-refractivity contribution in [3.63, 3.8) is 0 Å². The average Bonchev–Trinajstić information content (AvgIpc) is 2.69. The van der Waals surface area contributed by atoms with Crippen molar-refractivity contribution in [3.8, 4) is 0 Å². The van der Waals surface area contributed by atoms with Gasteiger partial charge in [0.15, 0.2) is 0 Å². The van der Waals surface area contributed by atoms with Gasteiger partial charge in [-0.25, -0.2) is 8.42 Å². The number of amides is 1. The summed E-state index contributed by atoms with van der Waals surface area (Å²) in [5.74, 6) is -0.0171. The van der Waals surface area contributed by atoms with Crippen molar-refractivity contribution in [1.82, 2.24) is 10.2 Å². The van der Waals surface area contributed by atoms with Crippen LogP contribution >= 0.6 is 12.4 Å². The number of carbonyl (C=O) groups excluding carboxylic acids is 1. The van der Waals surface area contributed by atoms with Gasteiger partial charge in [-0.15, -0.1) is 12.4 Å². The number of benzene rings is 2. The number of anilines is 1. The second-order valence-corrected chi connectivity index (χ2v) is 8.47. The zero-order valence-corrected chi connectivity index (χ0v) is 17.5. The van der Waals surface area contributed by atoms with Crippen LogP contribution in [0.5, 0.6) is 0 Å². The quantitative estimate of drug-likeness (QED) is 0.774. The second-order valence-electron chi connectivity index (χ2n) is 6.61. The minimum Gasteiger partial charge on any atom is -0.340 e. The molecule has 1 aliphatic rings. The summed E-state index contributed by atoms with van der Waals surface area (Å²) in [6.45, 7) is 4.90. The van der Waals surface area contributed by atoms with Gasteiger partial charge >= 0.3 is 0 Å². The smallest absolute Gasteiger partial charge is 0.264 e. The van der Waals surface area contributed by atoms with Crippen LogP contribution in [0.1, 0.15) is 12.0 Å². The molecule has 0 saturated carbocycles. The number of sulfonamides is 1. The van der Waals surface area contributed by atoms with E-state index in [9.17, 15) is 13.2 Å². The number of aryl methyl sites for hydroxylation is 1. The zero-order valence-electron chi connectivity index (χ0n) is 15.9. The molecule has 0 atom stereocenters. The lowest BCUT2D eigenvalue weighted by molar-refractivity contribution is -0.131. The first-order chi connectivity index (χ1) is 13.0.